The van der Waals surface area contributed by atoms with Crippen LogP contribution in [-0.2, 0) is 22.6 Å². The van der Waals surface area contributed by atoms with Crippen molar-refractivity contribution in [1.29, 1.82) is 0 Å². The van der Waals surface area contributed by atoms with E-state index in [0.717, 1.165) is 5.56 Å². The number of nitrogens with zero attached hydrogens (tertiary/aromatic N) is 3. The summed E-state index contributed by atoms with van der Waals surface area (Å²) in [6.45, 7) is 0.623. The molecule has 7 nitrogen and oxygen atoms in total. The molecule has 1 aromatic heterocycles. The van der Waals surface area contributed by atoms with Gasteiger partial charge in [-0.25, -0.2) is 9.48 Å². The van der Waals surface area contributed by atoms with Gasteiger partial charge in [-0.05, 0) is 17.7 Å². The van der Waals surface area contributed by atoms with E-state index >= 15 is 0 Å². The Morgan fingerprint density at radius 2 is 2.00 bits per heavy atom. The first-order valence-corrected chi connectivity index (χ1v) is 5.93. The van der Waals surface area contributed by atoms with E-state index in [9.17, 15) is 9.90 Å². The number of ether oxygens (including phenoxy) is 2. The number of methoxy groups -OCH3 is 2. The molecule has 106 valence electrons. The van der Waals surface area contributed by atoms with Gasteiger partial charge in [0.05, 0.1) is 26.0 Å². The molecule has 0 saturated heterocycles. The molecule has 0 aliphatic carbocycles. The highest BCUT2D eigenvalue weighted by molar-refractivity contribution is 5.88. The van der Waals surface area contributed by atoms with Gasteiger partial charge in [0.25, 0.3) is 0 Å². The summed E-state index contributed by atoms with van der Waals surface area (Å²) < 4.78 is 11.3. The van der Waals surface area contributed by atoms with Crippen molar-refractivity contribution in [3.63, 3.8) is 0 Å². The third-order valence-corrected chi connectivity index (χ3v) is 2.77. The van der Waals surface area contributed by atoms with E-state index in [4.69, 9.17) is 4.74 Å². The largest absolute Gasteiger partial charge is 0.508 e. The number of phenols is 1. The van der Waals surface area contributed by atoms with Crippen molar-refractivity contribution in [2.24, 2.45) is 0 Å². The van der Waals surface area contributed by atoms with Crippen molar-refractivity contribution in [2.45, 2.75) is 13.2 Å². The fourth-order valence-corrected chi connectivity index (χ4v) is 1.77. The van der Waals surface area contributed by atoms with Gasteiger partial charge in [0.2, 0.25) is 0 Å². The van der Waals surface area contributed by atoms with Crippen LogP contribution in [0.15, 0.2) is 24.3 Å². The van der Waals surface area contributed by atoms with E-state index in [2.05, 4.69) is 15.0 Å². The number of benzene rings is 1. The zero-order valence-corrected chi connectivity index (χ0v) is 11.2. The first-order valence-electron chi connectivity index (χ1n) is 5.93. The summed E-state index contributed by atoms with van der Waals surface area (Å²) >= 11 is 0. The Labute approximate surface area is 115 Å². The molecule has 0 aliphatic heterocycles. The van der Waals surface area contributed by atoms with Crippen molar-refractivity contribution >= 4 is 5.97 Å². The number of hydrogen-bond acceptors (Lipinski definition) is 6. The van der Waals surface area contributed by atoms with Crippen molar-refractivity contribution in [3.05, 3.63) is 41.2 Å². The predicted molar refractivity (Wildman–Crippen MR) is 69.3 cm³/mol. The fourth-order valence-electron chi connectivity index (χ4n) is 1.77. The molecule has 0 atom stereocenters. The number of rotatable bonds is 5. The third-order valence-electron chi connectivity index (χ3n) is 2.77. The van der Waals surface area contributed by atoms with Gasteiger partial charge in [-0.15, -0.1) is 5.10 Å². The SMILES string of the molecule is COCc1c(C(=O)OC)nnn1Cc1ccc(O)cc1. The normalized spacial score (nSPS) is 10.5. The lowest BCUT2D eigenvalue weighted by molar-refractivity contribution is 0.0588. The van der Waals surface area contributed by atoms with Gasteiger partial charge in [0.15, 0.2) is 5.69 Å². The number of hydrogen-bond donors (Lipinski definition) is 1. The molecule has 1 N–H and O–H groups in total. The van der Waals surface area contributed by atoms with E-state index in [1.165, 1.54) is 14.2 Å². The van der Waals surface area contributed by atoms with Crippen LogP contribution in [0.2, 0.25) is 0 Å². The molecule has 0 aliphatic rings. The summed E-state index contributed by atoms with van der Waals surface area (Å²) in [4.78, 5) is 11.6. The van der Waals surface area contributed by atoms with E-state index in [0.29, 0.717) is 12.2 Å². The lowest BCUT2D eigenvalue weighted by Gasteiger charge is -2.07. The molecule has 1 heterocycles. The molecule has 0 fully saturated rings. The van der Waals surface area contributed by atoms with Gasteiger partial charge >= 0.3 is 5.97 Å². The quantitative estimate of drug-likeness (QED) is 0.819. The molecule has 0 amide bonds. The van der Waals surface area contributed by atoms with Crippen molar-refractivity contribution in [2.75, 3.05) is 14.2 Å². The van der Waals surface area contributed by atoms with Crippen LogP contribution in [0.3, 0.4) is 0 Å². The van der Waals surface area contributed by atoms with E-state index in [-0.39, 0.29) is 18.1 Å². The topological polar surface area (TPSA) is 86.5 Å². The fraction of sp³-hybridized carbons (Fsp3) is 0.308. The van der Waals surface area contributed by atoms with Crippen molar-refractivity contribution in [1.82, 2.24) is 15.0 Å². The highest BCUT2D eigenvalue weighted by atomic mass is 16.5. The lowest BCUT2D eigenvalue weighted by atomic mass is 10.2. The van der Waals surface area contributed by atoms with Crippen molar-refractivity contribution < 1.29 is 19.4 Å². The van der Waals surface area contributed by atoms with Crippen LogP contribution < -0.4 is 0 Å². The van der Waals surface area contributed by atoms with Gasteiger partial charge in [-0.1, -0.05) is 17.3 Å². The minimum Gasteiger partial charge on any atom is -0.508 e. The first-order chi connectivity index (χ1) is 9.65. The van der Waals surface area contributed by atoms with Crippen LogP contribution in [0.25, 0.3) is 0 Å². The summed E-state index contributed by atoms with van der Waals surface area (Å²) in [5, 5.41) is 17.0. The molecule has 0 spiro atoms. The van der Waals surface area contributed by atoms with Gasteiger partial charge in [-0.3, -0.25) is 0 Å². The van der Waals surface area contributed by atoms with E-state index in [1.807, 2.05) is 0 Å². The number of phenolic OH excluding ortho intramolecular Hbond substituents is 1. The second kappa shape index (κ2) is 6.16. The summed E-state index contributed by atoms with van der Waals surface area (Å²) in [5.41, 5.74) is 1.61. The Hall–Kier alpha value is -2.41. The molecule has 0 radical (unpaired) electrons. The number of aromatic hydroxyl groups is 1. The summed E-state index contributed by atoms with van der Waals surface area (Å²) in [6.07, 6.45) is 0. The molecule has 0 saturated carbocycles. The van der Waals surface area contributed by atoms with Crippen molar-refractivity contribution in [3.8, 4) is 5.75 Å². The van der Waals surface area contributed by atoms with Gasteiger partial charge in [-0.2, -0.15) is 0 Å². The maximum atomic E-state index is 11.6. The summed E-state index contributed by atoms with van der Waals surface area (Å²) in [7, 11) is 2.82. The van der Waals surface area contributed by atoms with Crippen LogP contribution in [0.1, 0.15) is 21.7 Å². The Kier molecular flexibility index (Phi) is 4.31. The molecule has 1 aromatic carbocycles. The lowest BCUT2D eigenvalue weighted by Crippen LogP contribution is -2.11. The molecule has 2 rings (SSSR count). The second-order valence-electron chi connectivity index (χ2n) is 4.13. The predicted octanol–water partition coefficient (Wildman–Crippen LogP) is 0.965. The average molecular weight is 277 g/mol. The molecular formula is C13H15N3O4. The Balaban J connectivity index is 2.29. The number of esters is 1. The smallest absolute Gasteiger partial charge is 0.360 e. The Bertz CT molecular complexity index is 592. The molecule has 0 unspecified atom stereocenters. The molecule has 7 heteroatoms. The highest BCUT2D eigenvalue weighted by Gasteiger charge is 2.20. The van der Waals surface area contributed by atoms with Gasteiger partial charge in [0.1, 0.15) is 5.75 Å². The summed E-state index contributed by atoms with van der Waals surface area (Å²) in [5.74, 6) is -0.353. The third kappa shape index (κ3) is 2.94. The molecular weight excluding hydrogens is 262 g/mol. The van der Waals surface area contributed by atoms with Crippen LogP contribution in [-0.4, -0.2) is 40.3 Å². The van der Waals surface area contributed by atoms with Crippen LogP contribution in [0.5, 0.6) is 5.75 Å². The highest BCUT2D eigenvalue weighted by Crippen LogP contribution is 2.14. The van der Waals surface area contributed by atoms with Gasteiger partial charge < -0.3 is 14.6 Å². The number of carbonyl (C=O) groups excluding carboxylic acids is 1. The first kappa shape index (κ1) is 14.0. The Morgan fingerprint density at radius 3 is 2.60 bits per heavy atom. The van der Waals surface area contributed by atoms with E-state index < -0.39 is 5.97 Å². The van der Waals surface area contributed by atoms with E-state index in [1.54, 1.807) is 28.9 Å². The monoisotopic (exact) mass is 277 g/mol. The van der Waals surface area contributed by atoms with Crippen LogP contribution in [0, 0.1) is 0 Å². The Morgan fingerprint density at radius 1 is 1.30 bits per heavy atom. The van der Waals surface area contributed by atoms with Crippen LogP contribution >= 0.6 is 0 Å². The molecule has 0 bridgehead atoms. The summed E-state index contributed by atoms with van der Waals surface area (Å²) in [6, 6.07) is 6.71. The standard InChI is InChI=1S/C13H15N3O4/c1-19-8-11-12(13(18)20-2)14-15-16(11)7-9-3-5-10(17)6-4-9/h3-6,17H,7-8H2,1-2H3. The minimum absolute atomic E-state index is 0.146. The zero-order valence-electron chi connectivity index (χ0n) is 11.2. The van der Waals surface area contributed by atoms with Gasteiger partial charge in [0, 0.05) is 7.11 Å². The number of carbonyl (C=O) groups is 1. The second-order valence-corrected chi connectivity index (χ2v) is 4.13. The maximum absolute atomic E-state index is 11.6. The zero-order chi connectivity index (χ0) is 14.5. The molecule has 2 aromatic rings. The number of aromatic nitrogens is 3. The van der Waals surface area contributed by atoms with Crippen LogP contribution in [0.4, 0.5) is 0 Å². The average Bonchev–Trinajstić information content (AvgIpc) is 2.84. The maximum Gasteiger partial charge on any atom is 0.360 e. The molecule has 20 heavy (non-hydrogen) atoms. The minimum atomic E-state index is -0.547.